The highest BCUT2D eigenvalue weighted by molar-refractivity contribution is 5.57. The van der Waals surface area contributed by atoms with Gasteiger partial charge in [0.15, 0.2) is 5.76 Å². The van der Waals surface area contributed by atoms with Crippen LogP contribution in [0.3, 0.4) is 0 Å². The van der Waals surface area contributed by atoms with E-state index >= 15 is 0 Å². The van der Waals surface area contributed by atoms with E-state index in [1.807, 2.05) is 30.3 Å². The van der Waals surface area contributed by atoms with Crippen LogP contribution in [0.15, 0.2) is 65.2 Å². The van der Waals surface area contributed by atoms with Gasteiger partial charge in [0.1, 0.15) is 0 Å². The Morgan fingerprint density at radius 3 is 2.40 bits per heavy atom. The first kappa shape index (κ1) is 15.9. The number of nitrogens with zero attached hydrogens (tertiary/aromatic N) is 3. The van der Waals surface area contributed by atoms with Crippen LogP contribution >= 0.6 is 0 Å². The van der Waals surface area contributed by atoms with E-state index in [0.717, 1.165) is 49.7 Å². The Balaban J connectivity index is 1.36. The van der Waals surface area contributed by atoms with Crippen LogP contribution in [0.4, 0.5) is 5.69 Å². The molecule has 4 nitrogen and oxygen atoms in total. The molecular weight excluding hydrogens is 310 g/mol. The van der Waals surface area contributed by atoms with E-state index in [1.54, 1.807) is 0 Å². The number of hydrogen-bond donors (Lipinski definition) is 0. The van der Waals surface area contributed by atoms with Crippen molar-refractivity contribution in [3.05, 3.63) is 71.9 Å². The Morgan fingerprint density at radius 2 is 1.64 bits per heavy atom. The molecule has 128 valence electrons. The minimum absolute atomic E-state index is 0.842. The SMILES string of the molecule is Cc1ccccc1N1CCN(Cc2cc(-c3ccccc3)on2)CC1. The largest absolute Gasteiger partial charge is 0.369 e. The summed E-state index contributed by atoms with van der Waals surface area (Å²) >= 11 is 0. The normalized spacial score (nSPS) is 15.5. The van der Waals surface area contributed by atoms with Crippen LogP contribution < -0.4 is 4.90 Å². The minimum atomic E-state index is 0.842. The van der Waals surface area contributed by atoms with E-state index in [4.69, 9.17) is 4.52 Å². The molecule has 0 saturated carbocycles. The second kappa shape index (κ2) is 7.11. The summed E-state index contributed by atoms with van der Waals surface area (Å²) in [5.74, 6) is 0.842. The summed E-state index contributed by atoms with van der Waals surface area (Å²) in [5, 5.41) is 4.25. The van der Waals surface area contributed by atoms with Gasteiger partial charge in [0.05, 0.1) is 5.69 Å². The molecule has 1 aliphatic heterocycles. The molecule has 0 N–H and O–H groups in total. The third-order valence-corrected chi connectivity index (χ3v) is 4.83. The molecule has 0 radical (unpaired) electrons. The molecule has 2 heterocycles. The second-order valence-electron chi connectivity index (χ2n) is 6.60. The molecule has 0 spiro atoms. The molecule has 25 heavy (non-hydrogen) atoms. The van der Waals surface area contributed by atoms with Crippen molar-refractivity contribution in [1.29, 1.82) is 0 Å². The number of hydrogen-bond acceptors (Lipinski definition) is 4. The van der Waals surface area contributed by atoms with Crippen LogP contribution in [0.5, 0.6) is 0 Å². The van der Waals surface area contributed by atoms with Gasteiger partial charge in [-0.05, 0) is 18.6 Å². The van der Waals surface area contributed by atoms with Gasteiger partial charge < -0.3 is 9.42 Å². The zero-order valence-electron chi connectivity index (χ0n) is 14.6. The van der Waals surface area contributed by atoms with Crippen LogP contribution in [0.2, 0.25) is 0 Å². The summed E-state index contributed by atoms with van der Waals surface area (Å²) in [5.41, 5.74) is 4.78. The third-order valence-electron chi connectivity index (χ3n) is 4.83. The van der Waals surface area contributed by atoms with Crippen molar-refractivity contribution < 1.29 is 4.52 Å². The average Bonchev–Trinajstić information content (AvgIpc) is 3.12. The van der Waals surface area contributed by atoms with Crippen LogP contribution in [0, 0.1) is 6.92 Å². The fourth-order valence-corrected chi connectivity index (χ4v) is 3.42. The molecular formula is C21H23N3O. The van der Waals surface area contributed by atoms with E-state index in [9.17, 15) is 0 Å². The molecule has 1 aliphatic rings. The van der Waals surface area contributed by atoms with Gasteiger partial charge in [-0.25, -0.2) is 0 Å². The van der Waals surface area contributed by atoms with Gasteiger partial charge in [0.2, 0.25) is 0 Å². The predicted octanol–water partition coefficient (Wildman–Crippen LogP) is 3.97. The Kier molecular flexibility index (Phi) is 4.53. The molecule has 3 aromatic rings. The average molecular weight is 333 g/mol. The lowest BCUT2D eigenvalue weighted by Crippen LogP contribution is -2.46. The third kappa shape index (κ3) is 3.59. The molecule has 0 amide bonds. The van der Waals surface area contributed by atoms with Crippen molar-refractivity contribution in [3.63, 3.8) is 0 Å². The zero-order valence-corrected chi connectivity index (χ0v) is 14.6. The lowest BCUT2D eigenvalue weighted by Gasteiger charge is -2.36. The van der Waals surface area contributed by atoms with Crippen molar-refractivity contribution in [1.82, 2.24) is 10.1 Å². The fourth-order valence-electron chi connectivity index (χ4n) is 3.42. The molecule has 0 aliphatic carbocycles. The molecule has 1 aromatic heterocycles. The van der Waals surface area contributed by atoms with Crippen molar-refractivity contribution in [3.8, 4) is 11.3 Å². The van der Waals surface area contributed by atoms with Gasteiger partial charge in [-0.15, -0.1) is 0 Å². The zero-order chi connectivity index (χ0) is 17.1. The summed E-state index contributed by atoms with van der Waals surface area (Å²) in [7, 11) is 0. The van der Waals surface area contributed by atoms with Gasteiger partial charge in [0.25, 0.3) is 0 Å². The summed E-state index contributed by atoms with van der Waals surface area (Å²) in [6.45, 7) is 7.21. The summed E-state index contributed by atoms with van der Waals surface area (Å²) in [6, 6.07) is 20.8. The monoisotopic (exact) mass is 333 g/mol. The maximum atomic E-state index is 5.51. The Hall–Kier alpha value is -2.59. The van der Waals surface area contributed by atoms with E-state index in [-0.39, 0.29) is 0 Å². The fraction of sp³-hybridized carbons (Fsp3) is 0.286. The number of anilines is 1. The van der Waals surface area contributed by atoms with E-state index < -0.39 is 0 Å². The standard InChI is InChI=1S/C21H23N3O/c1-17-7-5-6-10-20(17)24-13-11-23(12-14-24)16-19-15-21(25-22-19)18-8-3-2-4-9-18/h2-10,15H,11-14,16H2,1H3. The molecule has 4 heteroatoms. The first-order valence-corrected chi connectivity index (χ1v) is 8.83. The van der Waals surface area contributed by atoms with E-state index in [1.165, 1.54) is 11.3 Å². The summed E-state index contributed by atoms with van der Waals surface area (Å²) in [6.07, 6.45) is 0. The Bertz CT molecular complexity index is 820. The molecule has 2 aromatic carbocycles. The van der Waals surface area contributed by atoms with Gasteiger partial charge in [-0.1, -0.05) is 53.7 Å². The number of rotatable bonds is 4. The second-order valence-corrected chi connectivity index (χ2v) is 6.60. The molecule has 0 atom stereocenters. The first-order chi connectivity index (χ1) is 12.3. The highest BCUT2D eigenvalue weighted by atomic mass is 16.5. The number of aromatic nitrogens is 1. The van der Waals surface area contributed by atoms with Gasteiger partial charge in [-0.2, -0.15) is 0 Å². The minimum Gasteiger partial charge on any atom is -0.369 e. The molecule has 0 unspecified atom stereocenters. The number of aryl methyl sites for hydroxylation is 1. The number of para-hydroxylation sites is 1. The topological polar surface area (TPSA) is 32.5 Å². The van der Waals surface area contributed by atoms with Gasteiger partial charge in [-0.3, -0.25) is 4.90 Å². The van der Waals surface area contributed by atoms with Crippen molar-refractivity contribution in [2.45, 2.75) is 13.5 Å². The maximum absolute atomic E-state index is 5.51. The molecule has 4 rings (SSSR count). The highest BCUT2D eigenvalue weighted by Crippen LogP contribution is 2.23. The van der Waals surface area contributed by atoms with Crippen LogP contribution in [0.25, 0.3) is 11.3 Å². The molecule has 1 fully saturated rings. The van der Waals surface area contributed by atoms with Crippen LogP contribution in [-0.4, -0.2) is 36.2 Å². The maximum Gasteiger partial charge on any atom is 0.167 e. The van der Waals surface area contributed by atoms with Crippen molar-refractivity contribution in [2.75, 3.05) is 31.1 Å². The Morgan fingerprint density at radius 1 is 0.920 bits per heavy atom. The molecule has 0 bridgehead atoms. The lowest BCUT2D eigenvalue weighted by atomic mass is 10.1. The Labute approximate surface area is 148 Å². The molecule has 1 saturated heterocycles. The number of benzene rings is 2. The van der Waals surface area contributed by atoms with Crippen LogP contribution in [0.1, 0.15) is 11.3 Å². The van der Waals surface area contributed by atoms with E-state index in [2.05, 4.69) is 52.2 Å². The number of piperazine rings is 1. The van der Waals surface area contributed by atoms with Crippen LogP contribution in [-0.2, 0) is 6.54 Å². The van der Waals surface area contributed by atoms with E-state index in [0.29, 0.717) is 0 Å². The first-order valence-electron chi connectivity index (χ1n) is 8.83. The predicted molar refractivity (Wildman–Crippen MR) is 101 cm³/mol. The van der Waals surface area contributed by atoms with Crippen molar-refractivity contribution in [2.24, 2.45) is 0 Å². The summed E-state index contributed by atoms with van der Waals surface area (Å²) < 4.78 is 5.51. The quantitative estimate of drug-likeness (QED) is 0.723. The lowest BCUT2D eigenvalue weighted by molar-refractivity contribution is 0.242. The van der Waals surface area contributed by atoms with Gasteiger partial charge >= 0.3 is 0 Å². The van der Waals surface area contributed by atoms with Crippen molar-refractivity contribution >= 4 is 5.69 Å². The highest BCUT2D eigenvalue weighted by Gasteiger charge is 2.19. The smallest absolute Gasteiger partial charge is 0.167 e. The van der Waals surface area contributed by atoms with Gasteiger partial charge in [0, 0.05) is 50.0 Å². The summed E-state index contributed by atoms with van der Waals surface area (Å²) in [4.78, 5) is 4.92.